The van der Waals surface area contributed by atoms with E-state index in [1.807, 2.05) is 18.3 Å². The van der Waals surface area contributed by atoms with Crippen LogP contribution in [0.1, 0.15) is 64.5 Å². The molecule has 1 aliphatic rings. The molecule has 5 N–H and O–H groups in total. The zero-order chi connectivity index (χ0) is 26.6. The lowest BCUT2D eigenvalue weighted by Crippen LogP contribution is -2.46. The van der Waals surface area contributed by atoms with Gasteiger partial charge in [-0.05, 0) is 30.9 Å². The summed E-state index contributed by atoms with van der Waals surface area (Å²) in [7, 11) is 0. The minimum Gasteiger partial charge on any atom is -0.481 e. The third-order valence-electron chi connectivity index (χ3n) is 5.81. The van der Waals surface area contributed by atoms with Crippen molar-refractivity contribution in [1.29, 1.82) is 0 Å². The Labute approximate surface area is 204 Å². The van der Waals surface area contributed by atoms with Crippen LogP contribution in [0.5, 0.6) is 0 Å². The maximum atomic E-state index is 11.2. The number of hydrogen-bond donors (Lipinski definition) is 5. The Morgan fingerprint density at radius 2 is 1.54 bits per heavy atom. The summed E-state index contributed by atoms with van der Waals surface area (Å²) >= 11 is 0. The van der Waals surface area contributed by atoms with E-state index in [4.69, 9.17) is 20.4 Å². The van der Waals surface area contributed by atoms with Crippen LogP contribution in [0.3, 0.4) is 0 Å². The predicted octanol–water partition coefficient (Wildman–Crippen LogP) is 2.08. The molecule has 0 unspecified atom stereocenters. The first kappa shape index (κ1) is 30.0. The van der Waals surface area contributed by atoms with Crippen molar-refractivity contribution >= 4 is 23.9 Å². The molecule has 2 rings (SSSR count). The Kier molecular flexibility index (Phi) is 11.8. The van der Waals surface area contributed by atoms with Gasteiger partial charge >= 0.3 is 23.9 Å². The molecular weight excluding hydrogens is 460 g/mol. The number of aliphatic hydroxyl groups is 1. The molecule has 0 amide bonds. The SMILES string of the molecule is CC(C)CN(CC(=O)O)CC1(c2ccccn2)CCCCC1.O=C(O)CC(O)(CC(=O)O)C(=O)O. The van der Waals surface area contributed by atoms with Crippen molar-refractivity contribution in [3.05, 3.63) is 30.1 Å². The van der Waals surface area contributed by atoms with Crippen molar-refractivity contribution in [3.8, 4) is 0 Å². The number of carboxylic acid groups (broad SMARTS) is 4. The number of nitrogens with zero attached hydrogens (tertiary/aromatic N) is 2. The highest BCUT2D eigenvalue weighted by molar-refractivity contribution is 5.88. The molecule has 1 aromatic rings. The topological polar surface area (TPSA) is 186 Å². The van der Waals surface area contributed by atoms with Crippen molar-refractivity contribution in [2.45, 2.75) is 69.8 Å². The molecule has 1 saturated carbocycles. The maximum Gasteiger partial charge on any atom is 0.336 e. The summed E-state index contributed by atoms with van der Waals surface area (Å²) in [5, 5.41) is 43.0. The lowest BCUT2D eigenvalue weighted by molar-refractivity contribution is -0.170. The van der Waals surface area contributed by atoms with Crippen LogP contribution in [-0.2, 0) is 24.6 Å². The Morgan fingerprint density at radius 3 is 1.94 bits per heavy atom. The van der Waals surface area contributed by atoms with Gasteiger partial charge in [-0.25, -0.2) is 4.79 Å². The smallest absolute Gasteiger partial charge is 0.336 e. The predicted molar refractivity (Wildman–Crippen MR) is 125 cm³/mol. The second-order valence-corrected chi connectivity index (χ2v) is 9.49. The van der Waals surface area contributed by atoms with E-state index in [0.717, 1.165) is 31.6 Å². The Bertz CT molecular complexity index is 836. The number of hydrogen-bond acceptors (Lipinski definition) is 7. The molecule has 1 aromatic heterocycles. The summed E-state index contributed by atoms with van der Waals surface area (Å²) in [5.41, 5.74) is -1.59. The largest absolute Gasteiger partial charge is 0.481 e. The lowest BCUT2D eigenvalue weighted by atomic mass is 9.71. The van der Waals surface area contributed by atoms with Crippen molar-refractivity contribution in [2.24, 2.45) is 5.92 Å². The minimum absolute atomic E-state index is 0.0177. The third kappa shape index (κ3) is 10.4. The van der Waals surface area contributed by atoms with Crippen LogP contribution in [0, 0.1) is 5.92 Å². The summed E-state index contributed by atoms with van der Waals surface area (Å²) in [6, 6.07) is 6.10. The first-order valence-electron chi connectivity index (χ1n) is 11.5. The van der Waals surface area contributed by atoms with Gasteiger partial charge in [0.05, 0.1) is 19.4 Å². The highest BCUT2D eigenvalue weighted by Crippen LogP contribution is 2.39. The molecule has 11 nitrogen and oxygen atoms in total. The van der Waals surface area contributed by atoms with Crippen LogP contribution in [0.2, 0.25) is 0 Å². The fraction of sp³-hybridized carbons (Fsp3) is 0.625. The first-order valence-corrected chi connectivity index (χ1v) is 11.5. The van der Waals surface area contributed by atoms with E-state index >= 15 is 0 Å². The molecule has 0 radical (unpaired) electrons. The standard InChI is InChI=1S/C18H28N2O2.C6H8O7/c1-15(2)12-20(13-17(21)22)14-18(9-5-3-6-10-18)16-8-4-7-11-19-16;7-3(8)1-6(13,5(11)12)2-4(9)10/h4,7-8,11,15H,3,5-6,9-10,12-14H2,1-2H3,(H,21,22);13H,1-2H2,(H,7,8)(H,9,10)(H,11,12). The van der Waals surface area contributed by atoms with Crippen LogP contribution in [0.25, 0.3) is 0 Å². The van der Waals surface area contributed by atoms with Gasteiger partial charge in [0.1, 0.15) is 0 Å². The van der Waals surface area contributed by atoms with E-state index in [1.165, 1.54) is 19.3 Å². The number of aromatic nitrogens is 1. The lowest BCUT2D eigenvalue weighted by Gasteiger charge is -2.41. The molecule has 35 heavy (non-hydrogen) atoms. The molecular formula is C24H36N2O9. The highest BCUT2D eigenvalue weighted by atomic mass is 16.4. The van der Waals surface area contributed by atoms with Gasteiger partial charge in [0, 0.05) is 30.4 Å². The molecule has 0 aliphatic heterocycles. The molecule has 0 atom stereocenters. The van der Waals surface area contributed by atoms with Gasteiger partial charge in [-0.3, -0.25) is 24.3 Å². The first-order chi connectivity index (χ1) is 16.3. The monoisotopic (exact) mass is 496 g/mol. The zero-order valence-electron chi connectivity index (χ0n) is 20.2. The molecule has 0 saturated heterocycles. The zero-order valence-corrected chi connectivity index (χ0v) is 20.2. The van der Waals surface area contributed by atoms with Crippen molar-refractivity contribution in [1.82, 2.24) is 9.88 Å². The molecule has 196 valence electrons. The minimum atomic E-state index is -2.74. The van der Waals surface area contributed by atoms with Crippen LogP contribution in [0.4, 0.5) is 0 Å². The second-order valence-electron chi connectivity index (χ2n) is 9.49. The maximum absolute atomic E-state index is 11.2. The van der Waals surface area contributed by atoms with Gasteiger partial charge in [-0.15, -0.1) is 0 Å². The summed E-state index contributed by atoms with van der Waals surface area (Å²) in [6.45, 7) is 6.02. The van der Waals surface area contributed by atoms with Crippen LogP contribution < -0.4 is 0 Å². The summed E-state index contributed by atoms with van der Waals surface area (Å²) < 4.78 is 0. The molecule has 1 heterocycles. The van der Waals surface area contributed by atoms with E-state index in [-0.39, 0.29) is 12.0 Å². The Morgan fingerprint density at radius 1 is 0.971 bits per heavy atom. The number of rotatable bonds is 12. The molecule has 1 fully saturated rings. The number of pyridine rings is 1. The van der Waals surface area contributed by atoms with Gasteiger partial charge < -0.3 is 25.5 Å². The fourth-order valence-electron chi connectivity index (χ4n) is 4.44. The van der Waals surface area contributed by atoms with E-state index in [1.54, 1.807) is 0 Å². The number of carbonyl (C=O) groups is 4. The Balaban J connectivity index is 0.000000405. The molecule has 0 aromatic carbocycles. The van der Waals surface area contributed by atoms with Crippen LogP contribution in [-0.4, -0.2) is 84.5 Å². The highest BCUT2D eigenvalue weighted by Gasteiger charge is 2.41. The van der Waals surface area contributed by atoms with E-state index in [9.17, 15) is 24.3 Å². The quantitative estimate of drug-likeness (QED) is 0.285. The average molecular weight is 497 g/mol. The van der Waals surface area contributed by atoms with Crippen molar-refractivity contribution in [3.63, 3.8) is 0 Å². The Hall–Kier alpha value is -3.05. The average Bonchev–Trinajstić information content (AvgIpc) is 2.73. The number of carboxylic acids is 4. The molecule has 0 bridgehead atoms. The van der Waals surface area contributed by atoms with Gasteiger partial charge in [0.2, 0.25) is 0 Å². The normalized spacial score (nSPS) is 15.2. The van der Waals surface area contributed by atoms with Gasteiger partial charge in [-0.1, -0.05) is 39.2 Å². The summed E-state index contributed by atoms with van der Waals surface area (Å²) in [5.74, 6) is -5.30. The van der Waals surface area contributed by atoms with Crippen molar-refractivity contribution < 1.29 is 44.7 Å². The summed E-state index contributed by atoms with van der Waals surface area (Å²) in [4.78, 5) is 48.4. The summed E-state index contributed by atoms with van der Waals surface area (Å²) in [6.07, 6.45) is 5.48. The van der Waals surface area contributed by atoms with E-state index < -0.39 is 42.3 Å². The fourth-order valence-corrected chi connectivity index (χ4v) is 4.44. The van der Waals surface area contributed by atoms with Crippen molar-refractivity contribution in [2.75, 3.05) is 19.6 Å². The van der Waals surface area contributed by atoms with Gasteiger partial charge in [0.15, 0.2) is 5.60 Å². The molecule has 11 heteroatoms. The third-order valence-corrected chi connectivity index (χ3v) is 5.81. The van der Waals surface area contributed by atoms with Gasteiger partial charge in [-0.2, -0.15) is 0 Å². The molecule has 1 aliphatic carbocycles. The van der Waals surface area contributed by atoms with Crippen LogP contribution >= 0.6 is 0 Å². The molecule has 0 spiro atoms. The van der Waals surface area contributed by atoms with Gasteiger partial charge in [0.25, 0.3) is 0 Å². The van der Waals surface area contributed by atoms with E-state index in [2.05, 4.69) is 29.8 Å². The van der Waals surface area contributed by atoms with E-state index in [0.29, 0.717) is 5.92 Å². The number of aliphatic carboxylic acids is 4. The van der Waals surface area contributed by atoms with Crippen LogP contribution in [0.15, 0.2) is 24.4 Å². The second kappa shape index (κ2) is 13.7.